The van der Waals surface area contributed by atoms with Crippen LogP contribution in [0, 0.1) is 0 Å². The summed E-state index contributed by atoms with van der Waals surface area (Å²) >= 11 is 0. The summed E-state index contributed by atoms with van der Waals surface area (Å²) in [6, 6.07) is 3.84. The molecule has 4 aromatic heterocycles. The summed E-state index contributed by atoms with van der Waals surface area (Å²) in [4.78, 5) is 0.588. The van der Waals surface area contributed by atoms with Gasteiger partial charge in [-0.05, 0) is 144 Å². The summed E-state index contributed by atoms with van der Waals surface area (Å²) in [5.74, 6) is -1.68. The third-order valence-electron chi connectivity index (χ3n) is 17.6. The number of alkyl halides is 24. The number of nitrogens with zero attached hydrogens (tertiary/aromatic N) is 6. The van der Waals surface area contributed by atoms with E-state index in [0.29, 0.717) is 97.5 Å². The Bertz CT molecular complexity index is 4750. The second kappa shape index (κ2) is 19.7. The Balaban J connectivity index is 1.33. The normalized spacial score (nSPS) is 18.3. The fraction of sp³-hybridized carbons (Fsp3) is 0.258. The number of allylic oxidation sites excluding steroid dienone is 5. The third kappa shape index (κ3) is 9.68. The second-order valence-electron chi connectivity index (χ2n) is 22.8. The van der Waals surface area contributed by atoms with Gasteiger partial charge in [0.05, 0.1) is 78.9 Å². The minimum Gasteiger partial charge on any atom is -0.330 e. The maximum absolute atomic E-state index is 15.4. The van der Waals surface area contributed by atoms with Crippen molar-refractivity contribution in [1.29, 1.82) is 0 Å². The molecule has 0 amide bonds. The minimum atomic E-state index is -5.45. The SMILES string of the molecule is FC(F)(F)C1=CC2C(C=C1)c1ccc(C(F)(F)F)cc1N2c1c(-n2c3cc(C(F)(F)F)ccc3c3ccc(C(F)(F)F)cc32)c(-n2c3c(c4c2C=C(C(F)(F)F)CC4)CCC(C(F)(F)F)=C3)c2nonc2c1-n1c2c(c3ccc(C(F)(F)F)cc31)CCC(C(F)(F)F)=C2. The van der Waals surface area contributed by atoms with Crippen LogP contribution in [0.5, 0.6) is 0 Å². The van der Waals surface area contributed by atoms with Crippen LogP contribution in [0.25, 0.3) is 79.0 Å². The molecule has 5 aliphatic rings. The zero-order chi connectivity index (χ0) is 66.7. The average Bonchev–Trinajstić information content (AvgIpc) is 1.56. The highest BCUT2D eigenvalue weighted by atomic mass is 19.4. The minimum absolute atomic E-state index is 0.177. The van der Waals surface area contributed by atoms with Gasteiger partial charge in [-0.3, -0.25) is 0 Å². The van der Waals surface area contributed by atoms with Gasteiger partial charge in [0.15, 0.2) is 11.0 Å². The maximum atomic E-state index is 15.4. The summed E-state index contributed by atoms with van der Waals surface area (Å²) in [6.07, 6.45) is -44.8. The smallest absolute Gasteiger partial charge is 0.330 e. The Morgan fingerprint density at radius 3 is 1.22 bits per heavy atom. The lowest BCUT2D eigenvalue weighted by Crippen LogP contribution is -2.33. The predicted octanol–water partition coefficient (Wildman–Crippen LogP) is 20.5. The van der Waals surface area contributed by atoms with E-state index in [2.05, 4.69) is 10.3 Å². The third-order valence-corrected chi connectivity index (χ3v) is 17.6. The predicted molar refractivity (Wildman–Crippen MR) is 288 cm³/mol. The van der Waals surface area contributed by atoms with Crippen LogP contribution in [0.15, 0.2) is 118 Å². The van der Waals surface area contributed by atoms with E-state index in [0.717, 1.165) is 30.3 Å². The van der Waals surface area contributed by atoms with E-state index in [9.17, 15) is 0 Å². The zero-order valence-corrected chi connectivity index (χ0v) is 46.0. The Kier molecular flexibility index (Phi) is 13.0. The first-order chi connectivity index (χ1) is 43.2. The van der Waals surface area contributed by atoms with Gasteiger partial charge in [0, 0.05) is 44.5 Å². The number of benzene rings is 5. The molecule has 0 N–H and O–H groups in total. The molecular formula is C62H32F24N6O. The van der Waals surface area contributed by atoms with Crippen molar-refractivity contribution in [2.75, 3.05) is 4.90 Å². The Labute approximate surface area is 503 Å². The van der Waals surface area contributed by atoms with Crippen LogP contribution in [-0.2, 0) is 44.0 Å². The molecule has 1 aliphatic heterocycles. The molecule has 4 aliphatic carbocycles. The first kappa shape index (κ1) is 61.4. The van der Waals surface area contributed by atoms with Crippen LogP contribution in [0.3, 0.4) is 0 Å². The molecule has 484 valence electrons. The quantitative estimate of drug-likeness (QED) is 0.165. The van der Waals surface area contributed by atoms with Gasteiger partial charge in [-0.1, -0.05) is 36.4 Å². The average molecular weight is 1330 g/mol. The maximum Gasteiger partial charge on any atom is 0.416 e. The van der Waals surface area contributed by atoms with Gasteiger partial charge in [0.2, 0.25) is 0 Å². The number of aryl methyl sites for hydroxylation is 1. The zero-order valence-electron chi connectivity index (χ0n) is 46.0. The molecule has 0 radical (unpaired) electrons. The van der Waals surface area contributed by atoms with E-state index in [4.69, 9.17) is 4.63 Å². The van der Waals surface area contributed by atoms with Crippen LogP contribution >= 0.6 is 0 Å². The lowest BCUT2D eigenvalue weighted by Gasteiger charge is -2.35. The molecule has 5 aromatic carbocycles. The summed E-state index contributed by atoms with van der Waals surface area (Å²) in [6.45, 7) is 0. The summed E-state index contributed by atoms with van der Waals surface area (Å²) < 4.78 is 375. The standard InChI is InChI=1S/C62H32F24N6O/c63-55(64,65)25-1-9-33-34-10-2-26(56(66,67)68)18-42(34)89(41(33)17-25)51-49-50(88-93-87-49)52(90-43-19-27(57(69,70)71)3-11-35(43)36-12-4-28(20-44(36)90)58(72,73)74)54(92-47-23-31(61(81,82)83)7-15-39(47)40-16-8-32(24-48(40)92)62(84,85)86)53(51)91-45-21-29(59(75,76)77)5-13-37(45)38-14-6-30(22-46(38)91)60(78,79)80/h1,5-9,13-24,37,45H,2-4,10-12H2. The Morgan fingerprint density at radius 1 is 0.376 bits per heavy atom. The van der Waals surface area contributed by atoms with Crippen molar-refractivity contribution < 1.29 is 110 Å². The molecule has 0 spiro atoms. The monoisotopic (exact) mass is 1330 g/mol. The van der Waals surface area contributed by atoms with Crippen molar-refractivity contribution >= 4 is 73.3 Å². The second-order valence-corrected chi connectivity index (χ2v) is 22.8. The van der Waals surface area contributed by atoms with E-state index < -0.39 is 228 Å². The number of aromatic nitrogens is 5. The number of fused-ring (bicyclic) bond motifs is 13. The van der Waals surface area contributed by atoms with E-state index in [1.54, 1.807) is 0 Å². The molecule has 9 aromatic rings. The Hall–Kier alpha value is -9.06. The van der Waals surface area contributed by atoms with Gasteiger partial charge in [-0.25, -0.2) is 4.63 Å². The summed E-state index contributed by atoms with van der Waals surface area (Å²) in [5, 5.41) is 6.70. The van der Waals surface area contributed by atoms with Gasteiger partial charge in [-0.2, -0.15) is 105 Å². The van der Waals surface area contributed by atoms with Crippen LogP contribution in [0.2, 0.25) is 0 Å². The highest BCUT2D eigenvalue weighted by Gasteiger charge is 2.50. The van der Waals surface area contributed by atoms with E-state index in [1.165, 1.54) is 0 Å². The lowest BCUT2D eigenvalue weighted by atomic mass is 9.88. The largest absolute Gasteiger partial charge is 0.416 e. The number of halogens is 24. The summed E-state index contributed by atoms with van der Waals surface area (Å²) in [5.41, 5.74) is -26.0. The molecule has 7 nitrogen and oxygen atoms in total. The lowest BCUT2D eigenvalue weighted by molar-refractivity contribution is -0.138. The topological polar surface area (TPSA) is 57.0 Å². The van der Waals surface area contributed by atoms with Gasteiger partial charge in [-0.15, -0.1) is 0 Å². The molecule has 0 saturated heterocycles. The van der Waals surface area contributed by atoms with E-state index >= 15 is 105 Å². The number of rotatable bonds is 4. The molecule has 5 heterocycles. The number of hydrogen-bond donors (Lipinski definition) is 0. The molecular weight excluding hydrogens is 1300 g/mol. The molecule has 0 saturated carbocycles. The summed E-state index contributed by atoms with van der Waals surface area (Å²) in [7, 11) is 0. The van der Waals surface area contributed by atoms with Crippen molar-refractivity contribution in [3.63, 3.8) is 0 Å². The molecule has 2 unspecified atom stereocenters. The van der Waals surface area contributed by atoms with Gasteiger partial charge < -0.3 is 18.6 Å². The van der Waals surface area contributed by atoms with Crippen molar-refractivity contribution in [3.8, 4) is 17.1 Å². The van der Waals surface area contributed by atoms with Crippen LogP contribution in [-0.4, -0.2) is 54.8 Å². The fourth-order valence-corrected chi connectivity index (χ4v) is 13.6. The first-order valence-electron chi connectivity index (χ1n) is 27.6. The van der Waals surface area contributed by atoms with Crippen LogP contribution < -0.4 is 4.90 Å². The fourth-order valence-electron chi connectivity index (χ4n) is 13.6. The van der Waals surface area contributed by atoms with Crippen LogP contribution in [0.1, 0.15) is 86.8 Å². The van der Waals surface area contributed by atoms with Gasteiger partial charge in [0.25, 0.3) is 0 Å². The van der Waals surface area contributed by atoms with E-state index in [-0.39, 0.29) is 27.6 Å². The van der Waals surface area contributed by atoms with Crippen molar-refractivity contribution in [1.82, 2.24) is 24.0 Å². The molecule has 14 rings (SSSR count). The Morgan fingerprint density at radius 2 is 0.774 bits per heavy atom. The molecule has 0 bridgehead atoms. The van der Waals surface area contributed by atoms with Crippen LogP contribution in [0.4, 0.5) is 117 Å². The molecule has 93 heavy (non-hydrogen) atoms. The highest BCUT2D eigenvalue weighted by Crippen LogP contribution is 2.59. The van der Waals surface area contributed by atoms with Gasteiger partial charge >= 0.3 is 49.4 Å². The first-order valence-corrected chi connectivity index (χ1v) is 27.6. The van der Waals surface area contributed by atoms with Crippen molar-refractivity contribution in [2.24, 2.45) is 0 Å². The molecule has 0 fully saturated rings. The van der Waals surface area contributed by atoms with Crippen molar-refractivity contribution in [3.05, 3.63) is 175 Å². The van der Waals surface area contributed by atoms with Crippen molar-refractivity contribution in [2.45, 2.75) is 99.9 Å². The van der Waals surface area contributed by atoms with E-state index in [1.807, 2.05) is 0 Å². The number of hydrogen-bond acceptors (Lipinski definition) is 4. The molecule has 2 atom stereocenters. The van der Waals surface area contributed by atoms with Gasteiger partial charge in [0.1, 0.15) is 11.4 Å². The highest BCUT2D eigenvalue weighted by molar-refractivity contribution is 6.14. The number of anilines is 2. The molecule has 31 heteroatoms.